The summed E-state index contributed by atoms with van der Waals surface area (Å²) in [5.74, 6) is -0.0841. The van der Waals surface area contributed by atoms with Crippen LogP contribution in [0.1, 0.15) is 22.8 Å². The van der Waals surface area contributed by atoms with E-state index in [0.29, 0.717) is 23.5 Å². The topological polar surface area (TPSA) is 60.1 Å². The quantitative estimate of drug-likeness (QED) is 0.603. The lowest BCUT2D eigenvalue weighted by atomic mass is 10.2. The standard InChI is InChI=1S/C12H12N2O3/c1-3-17-12(15)9-5-4-6-14-10(9)7-8(2)11(14)13-16/h4-7H,3H2,1-2H3. The number of nitroso groups, excluding NO2 is 1. The molecule has 0 N–H and O–H groups in total. The van der Waals surface area contributed by atoms with Crippen molar-refractivity contribution < 1.29 is 9.53 Å². The van der Waals surface area contributed by atoms with Gasteiger partial charge in [-0.1, -0.05) is 0 Å². The zero-order chi connectivity index (χ0) is 12.4. The Bertz CT molecular complexity index is 587. The average Bonchev–Trinajstić information content (AvgIpc) is 2.64. The van der Waals surface area contributed by atoms with E-state index in [2.05, 4.69) is 5.18 Å². The van der Waals surface area contributed by atoms with Crippen LogP contribution in [-0.2, 0) is 4.74 Å². The van der Waals surface area contributed by atoms with E-state index in [4.69, 9.17) is 4.74 Å². The molecule has 0 aromatic carbocycles. The SMILES string of the molecule is CCOC(=O)c1cccn2c(N=O)c(C)cc12. The Labute approximate surface area is 98.0 Å². The molecule has 0 spiro atoms. The fraction of sp³-hybridized carbons (Fsp3) is 0.250. The summed E-state index contributed by atoms with van der Waals surface area (Å²) in [6.45, 7) is 3.84. The molecule has 17 heavy (non-hydrogen) atoms. The molecule has 0 aliphatic carbocycles. The summed E-state index contributed by atoms with van der Waals surface area (Å²) in [6.07, 6.45) is 1.70. The second kappa shape index (κ2) is 4.37. The largest absolute Gasteiger partial charge is 0.462 e. The highest BCUT2D eigenvalue weighted by Crippen LogP contribution is 2.26. The number of aryl methyl sites for hydroxylation is 1. The summed E-state index contributed by atoms with van der Waals surface area (Å²) in [7, 11) is 0. The van der Waals surface area contributed by atoms with E-state index in [9.17, 15) is 9.70 Å². The second-order valence-electron chi connectivity index (χ2n) is 3.64. The van der Waals surface area contributed by atoms with Crippen LogP contribution in [-0.4, -0.2) is 17.0 Å². The maximum atomic E-state index is 11.7. The Morgan fingerprint density at radius 2 is 2.29 bits per heavy atom. The molecular formula is C12H12N2O3. The van der Waals surface area contributed by atoms with E-state index < -0.39 is 5.97 Å². The number of aromatic nitrogens is 1. The summed E-state index contributed by atoms with van der Waals surface area (Å²) < 4.78 is 6.55. The zero-order valence-corrected chi connectivity index (χ0v) is 9.64. The van der Waals surface area contributed by atoms with Gasteiger partial charge in [0.25, 0.3) is 0 Å². The van der Waals surface area contributed by atoms with Crippen LogP contribution >= 0.6 is 0 Å². The number of carbonyl (C=O) groups is 1. The van der Waals surface area contributed by atoms with Crippen LogP contribution in [0.4, 0.5) is 5.82 Å². The highest BCUT2D eigenvalue weighted by Gasteiger charge is 2.15. The van der Waals surface area contributed by atoms with Gasteiger partial charge in [-0.2, -0.15) is 0 Å². The predicted octanol–water partition coefficient (Wildman–Crippen LogP) is 2.82. The Hall–Kier alpha value is -2.17. The third-order valence-corrected chi connectivity index (χ3v) is 2.55. The van der Waals surface area contributed by atoms with Crippen molar-refractivity contribution in [2.45, 2.75) is 13.8 Å². The molecule has 0 atom stereocenters. The Morgan fingerprint density at radius 3 is 2.94 bits per heavy atom. The van der Waals surface area contributed by atoms with Crippen molar-refractivity contribution in [3.8, 4) is 0 Å². The van der Waals surface area contributed by atoms with Gasteiger partial charge in [0, 0.05) is 6.20 Å². The van der Waals surface area contributed by atoms with Crippen molar-refractivity contribution in [3.63, 3.8) is 0 Å². The van der Waals surface area contributed by atoms with Gasteiger partial charge >= 0.3 is 5.97 Å². The number of carbonyl (C=O) groups excluding carboxylic acids is 1. The number of ether oxygens (including phenoxy) is 1. The maximum absolute atomic E-state index is 11.7. The van der Waals surface area contributed by atoms with E-state index in [0.717, 1.165) is 5.56 Å². The normalized spacial score (nSPS) is 10.5. The molecule has 0 saturated heterocycles. The molecule has 0 unspecified atom stereocenters. The van der Waals surface area contributed by atoms with Crippen molar-refractivity contribution >= 4 is 17.3 Å². The first-order valence-corrected chi connectivity index (χ1v) is 5.30. The van der Waals surface area contributed by atoms with E-state index in [-0.39, 0.29) is 0 Å². The molecule has 5 heteroatoms. The summed E-state index contributed by atoms with van der Waals surface area (Å²) in [5, 5.41) is 2.97. The van der Waals surface area contributed by atoms with Crippen molar-refractivity contribution in [3.05, 3.63) is 40.4 Å². The first-order chi connectivity index (χ1) is 8.19. The fourth-order valence-corrected chi connectivity index (χ4v) is 1.81. The molecule has 0 saturated carbocycles. The van der Waals surface area contributed by atoms with Crippen molar-refractivity contribution in [1.82, 2.24) is 4.40 Å². The molecule has 0 aliphatic rings. The van der Waals surface area contributed by atoms with Crippen LogP contribution in [0.25, 0.3) is 5.52 Å². The second-order valence-corrected chi connectivity index (χ2v) is 3.64. The number of fused-ring (bicyclic) bond motifs is 1. The zero-order valence-electron chi connectivity index (χ0n) is 9.64. The van der Waals surface area contributed by atoms with E-state index >= 15 is 0 Å². The van der Waals surface area contributed by atoms with E-state index in [1.54, 1.807) is 42.6 Å². The van der Waals surface area contributed by atoms with Crippen LogP contribution < -0.4 is 0 Å². The molecule has 88 valence electrons. The molecule has 2 rings (SSSR count). The summed E-state index contributed by atoms with van der Waals surface area (Å²) in [5.41, 5.74) is 1.81. The lowest BCUT2D eigenvalue weighted by Gasteiger charge is -2.04. The summed E-state index contributed by atoms with van der Waals surface area (Å²) in [6, 6.07) is 5.11. The number of rotatable bonds is 3. The minimum atomic E-state index is -0.395. The van der Waals surface area contributed by atoms with Gasteiger partial charge < -0.3 is 4.74 Å². The van der Waals surface area contributed by atoms with Gasteiger partial charge in [-0.3, -0.25) is 4.40 Å². The van der Waals surface area contributed by atoms with E-state index in [1.165, 1.54) is 0 Å². The Kier molecular flexibility index (Phi) is 2.91. The number of hydrogen-bond acceptors (Lipinski definition) is 4. The molecule has 0 fully saturated rings. The molecule has 0 amide bonds. The van der Waals surface area contributed by atoms with Crippen molar-refractivity contribution in [2.75, 3.05) is 6.61 Å². The fourth-order valence-electron chi connectivity index (χ4n) is 1.81. The van der Waals surface area contributed by atoms with Gasteiger partial charge in [0.05, 0.1) is 17.7 Å². The first kappa shape index (κ1) is 11.3. The van der Waals surface area contributed by atoms with Gasteiger partial charge in [0.15, 0.2) is 5.82 Å². The molecule has 0 aliphatic heterocycles. The highest BCUT2D eigenvalue weighted by atomic mass is 16.5. The van der Waals surface area contributed by atoms with E-state index in [1.807, 2.05) is 0 Å². The smallest absolute Gasteiger partial charge is 0.340 e. The monoisotopic (exact) mass is 232 g/mol. The third kappa shape index (κ3) is 1.80. The van der Waals surface area contributed by atoms with Crippen LogP contribution in [0.5, 0.6) is 0 Å². The highest BCUT2D eigenvalue weighted by molar-refractivity contribution is 5.97. The summed E-state index contributed by atoms with van der Waals surface area (Å²) in [4.78, 5) is 22.4. The van der Waals surface area contributed by atoms with Crippen molar-refractivity contribution in [1.29, 1.82) is 0 Å². The van der Waals surface area contributed by atoms with Crippen LogP contribution in [0.2, 0.25) is 0 Å². The summed E-state index contributed by atoms with van der Waals surface area (Å²) >= 11 is 0. The third-order valence-electron chi connectivity index (χ3n) is 2.55. The lowest BCUT2D eigenvalue weighted by molar-refractivity contribution is 0.0528. The van der Waals surface area contributed by atoms with Crippen LogP contribution in [0.15, 0.2) is 29.6 Å². The first-order valence-electron chi connectivity index (χ1n) is 5.30. The maximum Gasteiger partial charge on any atom is 0.340 e. The minimum absolute atomic E-state index is 0.311. The number of hydrogen-bond donors (Lipinski definition) is 0. The molecule has 2 aromatic heterocycles. The average molecular weight is 232 g/mol. The molecule has 0 bridgehead atoms. The number of esters is 1. The predicted molar refractivity (Wildman–Crippen MR) is 63.5 cm³/mol. The van der Waals surface area contributed by atoms with Gasteiger partial charge in [0.1, 0.15) is 0 Å². The lowest BCUT2D eigenvalue weighted by Crippen LogP contribution is -2.06. The van der Waals surface area contributed by atoms with Crippen LogP contribution in [0.3, 0.4) is 0 Å². The molecule has 2 aromatic rings. The van der Waals surface area contributed by atoms with Crippen LogP contribution in [0, 0.1) is 11.8 Å². The molecule has 0 radical (unpaired) electrons. The molecular weight excluding hydrogens is 220 g/mol. The number of pyridine rings is 1. The minimum Gasteiger partial charge on any atom is -0.462 e. The molecule has 2 heterocycles. The molecule has 5 nitrogen and oxygen atoms in total. The number of nitrogens with zero attached hydrogens (tertiary/aromatic N) is 2. The Balaban J connectivity index is 2.66. The van der Waals surface area contributed by atoms with Gasteiger partial charge in [-0.15, -0.1) is 4.91 Å². The van der Waals surface area contributed by atoms with Crippen molar-refractivity contribution in [2.24, 2.45) is 5.18 Å². The van der Waals surface area contributed by atoms with Gasteiger partial charge in [-0.05, 0) is 42.8 Å². The van der Waals surface area contributed by atoms with Gasteiger partial charge in [0.2, 0.25) is 0 Å². The van der Waals surface area contributed by atoms with Gasteiger partial charge in [-0.25, -0.2) is 4.79 Å². The Morgan fingerprint density at radius 1 is 1.53 bits per heavy atom.